The molecular weight excluding hydrogens is 306 g/mol. The third kappa shape index (κ3) is 3.40. The number of aromatic amines is 1. The lowest BCUT2D eigenvalue weighted by Gasteiger charge is -2.49. The molecule has 0 fully saturated rings. The molecule has 0 unspecified atom stereocenters. The summed E-state index contributed by atoms with van der Waals surface area (Å²) in [5, 5.41) is 1.31. The van der Waals surface area contributed by atoms with Crippen molar-refractivity contribution in [2.75, 3.05) is 7.05 Å². The van der Waals surface area contributed by atoms with Gasteiger partial charge in [-0.25, -0.2) is 0 Å². The minimum atomic E-state index is -0.243. The van der Waals surface area contributed by atoms with Crippen LogP contribution in [0.4, 0.5) is 0 Å². The van der Waals surface area contributed by atoms with Crippen LogP contribution < -0.4 is 5.73 Å². The Bertz CT molecular complexity index is 815. The molecule has 2 heterocycles. The van der Waals surface area contributed by atoms with Crippen molar-refractivity contribution >= 4 is 16.5 Å². The van der Waals surface area contributed by atoms with E-state index in [9.17, 15) is 0 Å². The minimum absolute atomic E-state index is 0.0188. The molecule has 1 aromatic carbocycles. The van der Waals surface area contributed by atoms with Crippen LogP contribution in [0.1, 0.15) is 59.2 Å². The van der Waals surface area contributed by atoms with Crippen LogP contribution in [0, 0.1) is 0 Å². The molecule has 25 heavy (non-hydrogen) atoms. The van der Waals surface area contributed by atoms with Crippen molar-refractivity contribution < 1.29 is 0 Å². The average molecular weight is 340 g/mol. The number of hydrogen-bond donors (Lipinski definition) is 2. The zero-order valence-electron chi connectivity index (χ0n) is 16.8. The van der Waals surface area contributed by atoms with Gasteiger partial charge in [-0.1, -0.05) is 24.3 Å². The van der Waals surface area contributed by atoms with Crippen LogP contribution in [-0.2, 0) is 6.42 Å². The van der Waals surface area contributed by atoms with Gasteiger partial charge in [-0.3, -0.25) is 4.90 Å². The van der Waals surface area contributed by atoms with Crippen molar-refractivity contribution in [3.8, 4) is 0 Å². The topological polar surface area (TPSA) is 45.0 Å². The van der Waals surface area contributed by atoms with Gasteiger partial charge in [-0.15, -0.1) is 0 Å². The molecule has 0 spiro atoms. The standard InChI is InChI=1S/C22H33N3/c1-20(2,23)14-18-19(16-10-8-9-11-17(16)24-18)15-12-21(3,4)25(7)22(5,6)13-15/h8-12,24H,13-14,23H2,1-7H3. The first kappa shape index (κ1) is 18.2. The Balaban J connectivity index is 2.22. The number of H-pyrrole nitrogens is 1. The summed E-state index contributed by atoms with van der Waals surface area (Å²) in [6, 6.07) is 8.62. The van der Waals surface area contributed by atoms with Crippen LogP contribution in [0.2, 0.25) is 0 Å². The highest BCUT2D eigenvalue weighted by Gasteiger charge is 2.39. The third-order valence-electron chi connectivity index (χ3n) is 5.66. The fourth-order valence-electron chi connectivity index (χ4n) is 4.25. The van der Waals surface area contributed by atoms with Gasteiger partial charge in [-0.05, 0) is 66.7 Å². The average Bonchev–Trinajstić information content (AvgIpc) is 2.79. The smallest absolute Gasteiger partial charge is 0.0462 e. The number of nitrogens with zero attached hydrogens (tertiary/aromatic N) is 1. The first-order chi connectivity index (χ1) is 11.4. The summed E-state index contributed by atoms with van der Waals surface area (Å²) in [7, 11) is 2.23. The van der Waals surface area contributed by atoms with Gasteiger partial charge >= 0.3 is 0 Å². The molecule has 0 aliphatic carbocycles. The number of fused-ring (bicyclic) bond motifs is 1. The number of para-hydroxylation sites is 1. The summed E-state index contributed by atoms with van der Waals surface area (Å²) in [4.78, 5) is 6.13. The summed E-state index contributed by atoms with van der Waals surface area (Å²) in [6.07, 6.45) is 4.32. The van der Waals surface area contributed by atoms with Gasteiger partial charge in [0.05, 0.1) is 0 Å². The van der Waals surface area contributed by atoms with Crippen molar-refractivity contribution in [2.45, 2.75) is 71.0 Å². The van der Waals surface area contributed by atoms with Gasteiger partial charge in [0.1, 0.15) is 0 Å². The molecule has 0 bridgehead atoms. The Labute approximate surface area is 152 Å². The van der Waals surface area contributed by atoms with E-state index in [1.807, 2.05) is 0 Å². The SMILES string of the molecule is CN1C(C)(C)C=C(c2c(CC(C)(C)N)[nH]c3ccccc23)CC1(C)C. The summed E-state index contributed by atoms with van der Waals surface area (Å²) in [5.41, 5.74) is 11.5. The molecule has 0 saturated carbocycles. The second-order valence-electron chi connectivity index (χ2n) is 9.56. The molecule has 2 aromatic rings. The van der Waals surface area contributed by atoms with Crippen LogP contribution in [0.25, 0.3) is 16.5 Å². The number of benzene rings is 1. The van der Waals surface area contributed by atoms with E-state index in [-0.39, 0.29) is 16.6 Å². The van der Waals surface area contributed by atoms with Crippen LogP contribution in [0.15, 0.2) is 30.3 Å². The predicted octanol–water partition coefficient (Wildman–Crippen LogP) is 4.72. The Hall–Kier alpha value is -1.58. The lowest BCUT2D eigenvalue weighted by Crippen LogP contribution is -2.54. The van der Waals surface area contributed by atoms with Crippen LogP contribution >= 0.6 is 0 Å². The molecule has 136 valence electrons. The van der Waals surface area contributed by atoms with E-state index in [1.165, 1.54) is 27.7 Å². The van der Waals surface area contributed by atoms with Gasteiger partial charge < -0.3 is 10.7 Å². The zero-order valence-corrected chi connectivity index (χ0v) is 16.8. The van der Waals surface area contributed by atoms with Gasteiger partial charge in [0, 0.05) is 45.2 Å². The molecule has 0 amide bonds. The second-order valence-corrected chi connectivity index (χ2v) is 9.56. The fourth-order valence-corrected chi connectivity index (χ4v) is 4.25. The van der Waals surface area contributed by atoms with Crippen LogP contribution in [-0.4, -0.2) is 33.5 Å². The number of aromatic nitrogens is 1. The van der Waals surface area contributed by atoms with Crippen LogP contribution in [0.3, 0.4) is 0 Å². The van der Waals surface area contributed by atoms with Crippen molar-refractivity contribution in [2.24, 2.45) is 5.73 Å². The highest BCUT2D eigenvalue weighted by molar-refractivity contribution is 5.95. The third-order valence-corrected chi connectivity index (χ3v) is 5.66. The van der Waals surface area contributed by atoms with Crippen LogP contribution in [0.5, 0.6) is 0 Å². The Morgan fingerprint density at radius 3 is 2.40 bits per heavy atom. The summed E-state index contributed by atoms with van der Waals surface area (Å²) in [5.74, 6) is 0. The summed E-state index contributed by atoms with van der Waals surface area (Å²) >= 11 is 0. The fraction of sp³-hybridized carbons (Fsp3) is 0.545. The highest BCUT2D eigenvalue weighted by Crippen LogP contribution is 2.43. The molecule has 0 radical (unpaired) electrons. The zero-order chi connectivity index (χ0) is 18.6. The van der Waals surface area contributed by atoms with E-state index in [1.54, 1.807) is 0 Å². The number of rotatable bonds is 3. The second kappa shape index (κ2) is 5.72. The van der Waals surface area contributed by atoms with Gasteiger partial charge in [-0.2, -0.15) is 0 Å². The molecule has 1 aromatic heterocycles. The maximum Gasteiger partial charge on any atom is 0.0462 e. The van der Waals surface area contributed by atoms with E-state index in [0.717, 1.165) is 12.8 Å². The predicted molar refractivity (Wildman–Crippen MR) is 109 cm³/mol. The normalized spacial score (nSPS) is 20.7. The first-order valence-corrected chi connectivity index (χ1v) is 9.25. The highest BCUT2D eigenvalue weighted by atomic mass is 15.2. The van der Waals surface area contributed by atoms with Crippen molar-refractivity contribution in [1.82, 2.24) is 9.88 Å². The molecular formula is C22H33N3. The lowest BCUT2D eigenvalue weighted by atomic mass is 9.78. The molecule has 0 atom stereocenters. The van der Waals surface area contributed by atoms with Gasteiger partial charge in [0.2, 0.25) is 0 Å². The lowest BCUT2D eigenvalue weighted by molar-refractivity contribution is 0.0697. The number of nitrogens with two attached hydrogens (primary N) is 1. The van der Waals surface area contributed by atoms with E-state index in [0.29, 0.717) is 0 Å². The largest absolute Gasteiger partial charge is 0.358 e. The number of hydrogen-bond acceptors (Lipinski definition) is 2. The molecule has 3 rings (SSSR count). The summed E-state index contributed by atoms with van der Waals surface area (Å²) < 4.78 is 0. The number of likely N-dealkylation sites (N-methyl/N-ethyl adjacent to an activating group) is 1. The molecule has 3 nitrogen and oxygen atoms in total. The Morgan fingerprint density at radius 2 is 1.80 bits per heavy atom. The van der Waals surface area contributed by atoms with E-state index in [2.05, 4.69) is 88.8 Å². The molecule has 1 aliphatic heterocycles. The molecule has 3 heteroatoms. The molecule has 3 N–H and O–H groups in total. The van der Waals surface area contributed by atoms with E-state index in [4.69, 9.17) is 5.73 Å². The van der Waals surface area contributed by atoms with E-state index < -0.39 is 0 Å². The quantitative estimate of drug-likeness (QED) is 0.849. The molecule has 1 aliphatic rings. The monoisotopic (exact) mass is 339 g/mol. The maximum absolute atomic E-state index is 6.37. The molecule has 0 saturated heterocycles. The van der Waals surface area contributed by atoms with Gasteiger partial charge in [0.15, 0.2) is 0 Å². The Kier molecular flexibility index (Phi) is 4.17. The van der Waals surface area contributed by atoms with Crippen molar-refractivity contribution in [3.63, 3.8) is 0 Å². The van der Waals surface area contributed by atoms with Crippen molar-refractivity contribution in [1.29, 1.82) is 0 Å². The maximum atomic E-state index is 6.37. The Morgan fingerprint density at radius 1 is 1.16 bits per heavy atom. The summed E-state index contributed by atoms with van der Waals surface area (Å²) in [6.45, 7) is 13.5. The first-order valence-electron chi connectivity index (χ1n) is 9.25. The van der Waals surface area contributed by atoms with E-state index >= 15 is 0 Å². The minimum Gasteiger partial charge on any atom is -0.358 e. The van der Waals surface area contributed by atoms with Gasteiger partial charge in [0.25, 0.3) is 0 Å². The number of nitrogens with one attached hydrogen (secondary N) is 1. The van der Waals surface area contributed by atoms with Crippen molar-refractivity contribution in [3.05, 3.63) is 41.6 Å².